The number of likely N-dealkylation sites (tertiary alicyclic amines) is 1. The average molecular weight is 350 g/mol. The SMILES string of the molecule is O=c1ccc(-n2cccn2)nn1CC1CCN(Cc2cccnc2)CC1. The lowest BCUT2D eigenvalue weighted by atomic mass is 9.96. The van der Waals surface area contributed by atoms with Gasteiger partial charge in [0.1, 0.15) is 0 Å². The van der Waals surface area contributed by atoms with Crippen LogP contribution < -0.4 is 5.56 Å². The predicted molar refractivity (Wildman–Crippen MR) is 97.9 cm³/mol. The van der Waals surface area contributed by atoms with Crippen molar-refractivity contribution >= 4 is 0 Å². The van der Waals surface area contributed by atoms with Gasteiger partial charge in [0.25, 0.3) is 5.56 Å². The third-order valence-electron chi connectivity index (χ3n) is 4.86. The fraction of sp³-hybridized carbons (Fsp3) is 0.368. The molecule has 3 aromatic heterocycles. The molecule has 1 aliphatic rings. The predicted octanol–water partition coefficient (Wildman–Crippen LogP) is 1.74. The number of hydrogen-bond donors (Lipinski definition) is 0. The van der Waals surface area contributed by atoms with Gasteiger partial charge in [-0.25, -0.2) is 9.36 Å². The van der Waals surface area contributed by atoms with Gasteiger partial charge >= 0.3 is 0 Å². The van der Waals surface area contributed by atoms with Gasteiger partial charge in [-0.05, 0) is 55.6 Å². The van der Waals surface area contributed by atoms with Crippen molar-refractivity contribution < 1.29 is 0 Å². The molecule has 0 amide bonds. The maximum Gasteiger partial charge on any atom is 0.266 e. The largest absolute Gasteiger partial charge is 0.299 e. The molecule has 26 heavy (non-hydrogen) atoms. The van der Waals surface area contributed by atoms with Crippen LogP contribution in [0.15, 0.2) is 59.9 Å². The average Bonchev–Trinajstić information content (AvgIpc) is 3.21. The number of hydrogen-bond acceptors (Lipinski definition) is 5. The maximum atomic E-state index is 12.2. The molecule has 0 radical (unpaired) electrons. The fourth-order valence-electron chi connectivity index (χ4n) is 3.42. The Bertz CT molecular complexity index is 882. The van der Waals surface area contributed by atoms with E-state index in [4.69, 9.17) is 0 Å². The molecule has 1 saturated heterocycles. The van der Waals surface area contributed by atoms with Gasteiger partial charge < -0.3 is 0 Å². The molecule has 4 heterocycles. The number of piperidine rings is 1. The van der Waals surface area contributed by atoms with Gasteiger partial charge in [-0.15, -0.1) is 5.10 Å². The third-order valence-corrected chi connectivity index (χ3v) is 4.86. The Labute approximate surface area is 151 Å². The van der Waals surface area contributed by atoms with Gasteiger partial charge in [-0.3, -0.25) is 14.7 Å². The monoisotopic (exact) mass is 350 g/mol. The first-order valence-corrected chi connectivity index (χ1v) is 8.97. The normalized spacial score (nSPS) is 16.0. The first kappa shape index (κ1) is 16.7. The summed E-state index contributed by atoms with van der Waals surface area (Å²) in [5.74, 6) is 1.14. The van der Waals surface area contributed by atoms with Crippen LogP contribution in [-0.4, -0.2) is 42.5 Å². The minimum Gasteiger partial charge on any atom is -0.299 e. The second-order valence-electron chi connectivity index (χ2n) is 6.74. The molecule has 1 aliphatic heterocycles. The number of nitrogens with zero attached hydrogens (tertiary/aromatic N) is 6. The topological polar surface area (TPSA) is 68.8 Å². The van der Waals surface area contributed by atoms with E-state index in [1.807, 2.05) is 24.5 Å². The molecule has 3 aromatic rings. The summed E-state index contributed by atoms with van der Waals surface area (Å²) >= 11 is 0. The minimum absolute atomic E-state index is 0.0568. The second-order valence-corrected chi connectivity index (χ2v) is 6.74. The summed E-state index contributed by atoms with van der Waals surface area (Å²) < 4.78 is 3.25. The van der Waals surface area contributed by atoms with Crippen LogP contribution in [0.5, 0.6) is 0 Å². The van der Waals surface area contributed by atoms with Gasteiger partial charge in [0.15, 0.2) is 5.82 Å². The molecular formula is C19H22N6O. The number of aromatic nitrogens is 5. The molecule has 0 aromatic carbocycles. The minimum atomic E-state index is -0.0568. The quantitative estimate of drug-likeness (QED) is 0.701. The van der Waals surface area contributed by atoms with Crippen LogP contribution in [0.4, 0.5) is 0 Å². The number of rotatable bonds is 5. The summed E-state index contributed by atoms with van der Waals surface area (Å²) in [5, 5.41) is 8.66. The fourth-order valence-corrected chi connectivity index (χ4v) is 3.42. The first-order chi connectivity index (χ1) is 12.8. The first-order valence-electron chi connectivity index (χ1n) is 8.97. The van der Waals surface area contributed by atoms with Crippen LogP contribution >= 0.6 is 0 Å². The highest BCUT2D eigenvalue weighted by Crippen LogP contribution is 2.20. The molecule has 0 spiro atoms. The van der Waals surface area contributed by atoms with Crippen molar-refractivity contribution in [1.82, 2.24) is 29.4 Å². The van der Waals surface area contributed by atoms with Crippen molar-refractivity contribution in [3.05, 3.63) is 71.0 Å². The van der Waals surface area contributed by atoms with Crippen LogP contribution in [0.2, 0.25) is 0 Å². The zero-order valence-electron chi connectivity index (χ0n) is 14.6. The van der Waals surface area contributed by atoms with E-state index in [0.717, 1.165) is 32.5 Å². The Balaban J connectivity index is 1.37. The molecule has 4 rings (SSSR count). The molecule has 0 aliphatic carbocycles. The third kappa shape index (κ3) is 3.88. The van der Waals surface area contributed by atoms with Gasteiger partial charge in [0, 0.05) is 43.9 Å². The number of pyridine rings is 1. The molecule has 1 fully saturated rings. The molecule has 0 atom stereocenters. The molecule has 7 nitrogen and oxygen atoms in total. The Kier molecular flexibility index (Phi) is 4.88. The van der Waals surface area contributed by atoms with Crippen molar-refractivity contribution in [2.75, 3.05) is 13.1 Å². The van der Waals surface area contributed by atoms with Crippen LogP contribution in [-0.2, 0) is 13.1 Å². The molecule has 0 bridgehead atoms. The summed E-state index contributed by atoms with van der Waals surface area (Å²) in [7, 11) is 0. The summed E-state index contributed by atoms with van der Waals surface area (Å²) in [6.45, 7) is 3.67. The van der Waals surface area contributed by atoms with E-state index in [0.29, 0.717) is 18.3 Å². The lowest BCUT2D eigenvalue weighted by Gasteiger charge is -2.31. The molecule has 0 unspecified atom stereocenters. The van der Waals surface area contributed by atoms with Crippen LogP contribution in [0.1, 0.15) is 18.4 Å². The molecule has 0 N–H and O–H groups in total. The van der Waals surface area contributed by atoms with Crippen molar-refractivity contribution in [2.45, 2.75) is 25.9 Å². The van der Waals surface area contributed by atoms with E-state index < -0.39 is 0 Å². The highest BCUT2D eigenvalue weighted by molar-refractivity contribution is 5.17. The smallest absolute Gasteiger partial charge is 0.266 e. The molecule has 134 valence electrons. The highest BCUT2D eigenvalue weighted by Gasteiger charge is 2.20. The molecular weight excluding hydrogens is 328 g/mol. The van der Waals surface area contributed by atoms with Gasteiger partial charge in [0.05, 0.1) is 0 Å². The highest BCUT2D eigenvalue weighted by atomic mass is 16.1. The van der Waals surface area contributed by atoms with E-state index in [1.54, 1.807) is 33.9 Å². The summed E-state index contributed by atoms with van der Waals surface area (Å²) in [5.41, 5.74) is 1.19. The lowest BCUT2D eigenvalue weighted by Crippen LogP contribution is -2.36. The van der Waals surface area contributed by atoms with E-state index in [-0.39, 0.29) is 5.56 Å². The van der Waals surface area contributed by atoms with E-state index in [1.165, 1.54) is 5.56 Å². The molecule has 0 saturated carbocycles. The molecule has 7 heteroatoms. The second kappa shape index (κ2) is 7.61. The van der Waals surface area contributed by atoms with Crippen molar-refractivity contribution in [3.63, 3.8) is 0 Å². The maximum absolute atomic E-state index is 12.2. The summed E-state index contributed by atoms with van der Waals surface area (Å²) in [6.07, 6.45) is 9.40. The van der Waals surface area contributed by atoms with Gasteiger partial charge in [-0.2, -0.15) is 5.10 Å². The lowest BCUT2D eigenvalue weighted by molar-refractivity contribution is 0.163. The van der Waals surface area contributed by atoms with Crippen molar-refractivity contribution in [1.29, 1.82) is 0 Å². The van der Waals surface area contributed by atoms with Gasteiger partial charge in [-0.1, -0.05) is 6.07 Å². The van der Waals surface area contributed by atoms with Crippen LogP contribution in [0.3, 0.4) is 0 Å². The van der Waals surface area contributed by atoms with E-state index in [2.05, 4.69) is 26.1 Å². The summed E-state index contributed by atoms with van der Waals surface area (Å²) in [4.78, 5) is 18.8. The van der Waals surface area contributed by atoms with Crippen molar-refractivity contribution in [2.24, 2.45) is 5.92 Å². The van der Waals surface area contributed by atoms with Gasteiger partial charge in [0.2, 0.25) is 0 Å². The van der Waals surface area contributed by atoms with Crippen LogP contribution in [0.25, 0.3) is 5.82 Å². The standard InChI is InChI=1S/C19H22N6O/c26-19-5-4-18(24-10-2-9-21-24)22-25(19)15-16-6-11-23(12-7-16)14-17-3-1-8-20-13-17/h1-5,8-10,13,16H,6-7,11-12,14-15H2. The Morgan fingerprint density at radius 2 is 1.96 bits per heavy atom. The van der Waals surface area contributed by atoms with Crippen molar-refractivity contribution in [3.8, 4) is 5.82 Å². The van der Waals surface area contributed by atoms with E-state index >= 15 is 0 Å². The Morgan fingerprint density at radius 3 is 2.69 bits per heavy atom. The zero-order valence-corrected chi connectivity index (χ0v) is 14.6. The van der Waals surface area contributed by atoms with Crippen LogP contribution in [0, 0.1) is 5.92 Å². The summed E-state index contributed by atoms with van der Waals surface area (Å²) in [6, 6.07) is 9.22. The Hall–Kier alpha value is -2.80. The van der Waals surface area contributed by atoms with E-state index in [9.17, 15) is 4.79 Å². The Morgan fingerprint density at radius 1 is 1.08 bits per heavy atom. The zero-order chi connectivity index (χ0) is 17.8.